The second kappa shape index (κ2) is 9.17. The van der Waals surface area contributed by atoms with E-state index in [1.54, 1.807) is 4.90 Å². The summed E-state index contributed by atoms with van der Waals surface area (Å²) in [5.74, 6) is 0.568. The standard InChI is InChI=1S/C20H22ClN3O2S/c1-23(2)11-6-12-24(19(25)14-26-16-7-4-3-5-8-16)20-22-17-10-9-15(21)13-18(17)27-20/h3-5,7-10,13H,6,11-12,14H2,1-2H3. The van der Waals surface area contributed by atoms with Crippen molar-refractivity contribution in [2.24, 2.45) is 0 Å². The molecule has 142 valence electrons. The van der Waals surface area contributed by atoms with Crippen LogP contribution in [0, 0.1) is 0 Å². The Labute approximate surface area is 168 Å². The molecule has 3 aromatic rings. The van der Waals surface area contributed by atoms with Gasteiger partial charge in [0.15, 0.2) is 11.7 Å². The largest absolute Gasteiger partial charge is 0.484 e. The molecule has 0 atom stereocenters. The summed E-state index contributed by atoms with van der Waals surface area (Å²) in [4.78, 5) is 21.3. The van der Waals surface area contributed by atoms with Gasteiger partial charge < -0.3 is 9.64 Å². The fourth-order valence-electron chi connectivity index (χ4n) is 2.61. The lowest BCUT2D eigenvalue weighted by Gasteiger charge is -2.21. The summed E-state index contributed by atoms with van der Waals surface area (Å²) in [6.45, 7) is 1.45. The molecule has 2 aromatic carbocycles. The molecule has 3 rings (SSSR count). The topological polar surface area (TPSA) is 45.7 Å². The van der Waals surface area contributed by atoms with Crippen LogP contribution in [0.3, 0.4) is 0 Å². The van der Waals surface area contributed by atoms with Gasteiger partial charge in [0.1, 0.15) is 5.75 Å². The van der Waals surface area contributed by atoms with Gasteiger partial charge in [0.2, 0.25) is 0 Å². The molecule has 0 fully saturated rings. The van der Waals surface area contributed by atoms with Crippen LogP contribution >= 0.6 is 22.9 Å². The molecule has 0 N–H and O–H groups in total. The molecular weight excluding hydrogens is 382 g/mol. The van der Waals surface area contributed by atoms with E-state index in [1.807, 2.05) is 62.6 Å². The van der Waals surface area contributed by atoms with Crippen LogP contribution in [0.1, 0.15) is 6.42 Å². The second-order valence-corrected chi connectivity index (χ2v) is 7.86. The minimum atomic E-state index is -0.109. The van der Waals surface area contributed by atoms with E-state index in [9.17, 15) is 4.79 Å². The zero-order valence-electron chi connectivity index (χ0n) is 15.4. The van der Waals surface area contributed by atoms with Gasteiger partial charge in [0, 0.05) is 11.6 Å². The zero-order chi connectivity index (χ0) is 19.2. The number of hydrogen-bond acceptors (Lipinski definition) is 5. The molecule has 1 aromatic heterocycles. The van der Waals surface area contributed by atoms with Gasteiger partial charge in [-0.3, -0.25) is 9.69 Å². The number of carbonyl (C=O) groups excluding carboxylic acids is 1. The molecule has 0 saturated heterocycles. The quantitative estimate of drug-likeness (QED) is 0.562. The summed E-state index contributed by atoms with van der Waals surface area (Å²) in [5, 5.41) is 1.34. The predicted molar refractivity (Wildman–Crippen MR) is 112 cm³/mol. The van der Waals surface area contributed by atoms with Gasteiger partial charge in [0.05, 0.1) is 10.2 Å². The maximum Gasteiger partial charge on any atom is 0.266 e. The van der Waals surface area contributed by atoms with Crippen molar-refractivity contribution >= 4 is 44.2 Å². The lowest BCUT2D eigenvalue weighted by molar-refractivity contribution is -0.120. The van der Waals surface area contributed by atoms with Crippen LogP contribution < -0.4 is 9.64 Å². The molecule has 5 nitrogen and oxygen atoms in total. The molecule has 0 aliphatic rings. The smallest absolute Gasteiger partial charge is 0.266 e. The molecule has 0 radical (unpaired) electrons. The van der Waals surface area contributed by atoms with Crippen molar-refractivity contribution < 1.29 is 9.53 Å². The second-order valence-electron chi connectivity index (χ2n) is 6.41. The molecular formula is C20H22ClN3O2S. The van der Waals surface area contributed by atoms with Gasteiger partial charge in [-0.05, 0) is 57.4 Å². The number of halogens is 1. The highest BCUT2D eigenvalue weighted by Crippen LogP contribution is 2.31. The highest BCUT2D eigenvalue weighted by molar-refractivity contribution is 7.22. The number of benzene rings is 2. The highest BCUT2D eigenvalue weighted by Gasteiger charge is 2.20. The number of hydrogen-bond donors (Lipinski definition) is 0. The van der Waals surface area contributed by atoms with E-state index in [1.165, 1.54) is 11.3 Å². The van der Waals surface area contributed by atoms with Crippen molar-refractivity contribution in [3.8, 4) is 5.75 Å². The normalized spacial score (nSPS) is 11.1. The summed E-state index contributed by atoms with van der Waals surface area (Å²) in [6, 6.07) is 14.9. The maximum absolute atomic E-state index is 12.9. The van der Waals surface area contributed by atoms with E-state index in [4.69, 9.17) is 16.3 Å². The van der Waals surface area contributed by atoms with Crippen molar-refractivity contribution in [1.82, 2.24) is 9.88 Å². The lowest BCUT2D eigenvalue weighted by atomic mass is 10.3. The minimum Gasteiger partial charge on any atom is -0.484 e. The number of carbonyl (C=O) groups is 1. The third-order valence-corrected chi connectivity index (χ3v) is 5.24. The zero-order valence-corrected chi connectivity index (χ0v) is 17.0. The highest BCUT2D eigenvalue weighted by atomic mass is 35.5. The van der Waals surface area contributed by atoms with Gasteiger partial charge >= 0.3 is 0 Å². The molecule has 1 heterocycles. The monoisotopic (exact) mass is 403 g/mol. The van der Waals surface area contributed by atoms with Crippen LogP contribution in [0.2, 0.25) is 5.02 Å². The number of aromatic nitrogens is 1. The Hall–Kier alpha value is -2.15. The molecule has 0 bridgehead atoms. The fourth-order valence-corrected chi connectivity index (χ4v) is 3.90. The van der Waals surface area contributed by atoms with Crippen LogP contribution in [0.5, 0.6) is 5.75 Å². The lowest BCUT2D eigenvalue weighted by Crippen LogP contribution is -2.36. The van der Waals surface area contributed by atoms with Crippen molar-refractivity contribution in [3.63, 3.8) is 0 Å². The van der Waals surface area contributed by atoms with Crippen molar-refractivity contribution in [3.05, 3.63) is 53.6 Å². The first kappa shape index (κ1) is 19.6. The fraction of sp³-hybridized carbons (Fsp3) is 0.300. The number of amides is 1. The van der Waals surface area contributed by atoms with Gasteiger partial charge in [-0.2, -0.15) is 0 Å². The SMILES string of the molecule is CN(C)CCCN(C(=O)COc1ccccc1)c1nc2ccc(Cl)cc2s1. The van der Waals surface area contributed by atoms with E-state index < -0.39 is 0 Å². The van der Waals surface area contributed by atoms with Crippen LogP contribution in [0.4, 0.5) is 5.13 Å². The van der Waals surface area contributed by atoms with E-state index >= 15 is 0 Å². The first-order valence-electron chi connectivity index (χ1n) is 8.72. The molecule has 0 spiro atoms. The van der Waals surface area contributed by atoms with Crippen molar-refractivity contribution in [2.75, 3.05) is 38.7 Å². The Morgan fingerprint density at radius 2 is 1.93 bits per heavy atom. The first-order chi connectivity index (χ1) is 13.0. The molecule has 27 heavy (non-hydrogen) atoms. The number of para-hydroxylation sites is 1. The van der Waals surface area contributed by atoms with Gasteiger partial charge in [0.25, 0.3) is 5.91 Å². The number of ether oxygens (including phenoxy) is 1. The first-order valence-corrected chi connectivity index (χ1v) is 9.91. The maximum atomic E-state index is 12.9. The number of thiazole rings is 1. The summed E-state index contributed by atoms with van der Waals surface area (Å²) < 4.78 is 6.61. The molecule has 1 amide bonds. The number of nitrogens with zero attached hydrogens (tertiary/aromatic N) is 3. The Morgan fingerprint density at radius 3 is 2.67 bits per heavy atom. The summed E-state index contributed by atoms with van der Waals surface area (Å²) in [7, 11) is 4.04. The number of fused-ring (bicyclic) bond motifs is 1. The van der Waals surface area contributed by atoms with E-state index in [2.05, 4.69) is 9.88 Å². The average molecular weight is 404 g/mol. The molecule has 7 heteroatoms. The summed E-state index contributed by atoms with van der Waals surface area (Å²) in [6.07, 6.45) is 0.848. The Bertz CT molecular complexity index is 899. The van der Waals surface area contributed by atoms with Crippen molar-refractivity contribution in [1.29, 1.82) is 0 Å². The summed E-state index contributed by atoms with van der Waals surface area (Å²) >= 11 is 7.55. The van der Waals surface area contributed by atoms with E-state index in [0.717, 1.165) is 23.2 Å². The van der Waals surface area contributed by atoms with Crippen LogP contribution in [0.15, 0.2) is 48.5 Å². The third-order valence-electron chi connectivity index (χ3n) is 3.96. The molecule has 0 unspecified atom stereocenters. The van der Waals surface area contributed by atoms with Crippen LogP contribution in [0.25, 0.3) is 10.2 Å². The minimum absolute atomic E-state index is 0.0251. The van der Waals surface area contributed by atoms with E-state index in [-0.39, 0.29) is 12.5 Å². The molecule has 0 aliphatic carbocycles. The van der Waals surface area contributed by atoms with Crippen molar-refractivity contribution in [2.45, 2.75) is 6.42 Å². The molecule has 0 aliphatic heterocycles. The average Bonchev–Trinajstić information content (AvgIpc) is 3.06. The van der Waals surface area contributed by atoms with Gasteiger partial charge in [-0.15, -0.1) is 0 Å². The third kappa shape index (κ3) is 5.42. The predicted octanol–water partition coefficient (Wildman–Crippen LogP) is 4.31. The van der Waals surface area contributed by atoms with Crippen LogP contribution in [-0.4, -0.2) is 49.6 Å². The number of rotatable bonds is 8. The summed E-state index contributed by atoms with van der Waals surface area (Å²) in [5.41, 5.74) is 0.841. The Morgan fingerprint density at radius 1 is 1.15 bits per heavy atom. The van der Waals surface area contributed by atoms with Gasteiger partial charge in [-0.25, -0.2) is 4.98 Å². The Kier molecular flexibility index (Phi) is 6.66. The van der Waals surface area contributed by atoms with Gasteiger partial charge in [-0.1, -0.05) is 41.1 Å². The van der Waals surface area contributed by atoms with Crippen LogP contribution in [-0.2, 0) is 4.79 Å². The number of anilines is 1. The Balaban J connectivity index is 1.77. The van der Waals surface area contributed by atoms with E-state index in [0.29, 0.717) is 22.4 Å². The molecule has 0 saturated carbocycles.